The van der Waals surface area contributed by atoms with Crippen molar-refractivity contribution in [1.29, 1.82) is 0 Å². The third-order valence-corrected chi connectivity index (χ3v) is 6.66. The highest BCUT2D eigenvalue weighted by Crippen LogP contribution is 2.28. The summed E-state index contributed by atoms with van der Waals surface area (Å²) >= 11 is 0. The number of ether oxygens (including phenoxy) is 2. The standard InChI is InChI=1S/C25H32N2O4/c1-3-31-25(29)26-13-10-22(11-14-26)27-12-4-5-21(17-27)24(28)20-7-6-19-16-23(30-2)9-8-18(19)15-20/h6-9,15-16,21-22H,3-5,10-14,17H2,1-2H3/t21-/m0/s1. The summed E-state index contributed by atoms with van der Waals surface area (Å²) in [6.07, 6.45) is 3.66. The summed E-state index contributed by atoms with van der Waals surface area (Å²) in [5, 5.41) is 2.14. The Bertz CT molecular complexity index is 936. The van der Waals surface area contributed by atoms with Gasteiger partial charge >= 0.3 is 6.09 Å². The predicted octanol–water partition coefficient (Wildman–Crippen LogP) is 4.36. The Morgan fingerprint density at radius 2 is 1.74 bits per heavy atom. The lowest BCUT2D eigenvalue weighted by Gasteiger charge is -2.41. The van der Waals surface area contributed by atoms with Crippen molar-refractivity contribution in [1.82, 2.24) is 9.80 Å². The van der Waals surface area contributed by atoms with Crippen LogP contribution in [0.3, 0.4) is 0 Å². The van der Waals surface area contributed by atoms with E-state index < -0.39 is 0 Å². The lowest BCUT2D eigenvalue weighted by Crippen LogP contribution is -2.50. The molecule has 6 heteroatoms. The molecule has 0 aliphatic carbocycles. The molecular weight excluding hydrogens is 392 g/mol. The molecule has 0 bridgehead atoms. The number of ketones is 1. The van der Waals surface area contributed by atoms with Crippen LogP contribution in [0.5, 0.6) is 5.75 Å². The molecule has 166 valence electrons. The minimum atomic E-state index is -0.207. The van der Waals surface area contributed by atoms with E-state index in [1.54, 1.807) is 12.0 Å². The topological polar surface area (TPSA) is 59.1 Å². The van der Waals surface area contributed by atoms with Crippen LogP contribution in [-0.2, 0) is 4.74 Å². The van der Waals surface area contributed by atoms with Crippen LogP contribution in [0.4, 0.5) is 4.79 Å². The Morgan fingerprint density at radius 3 is 2.48 bits per heavy atom. The Balaban J connectivity index is 1.39. The summed E-state index contributed by atoms with van der Waals surface area (Å²) in [4.78, 5) is 29.5. The van der Waals surface area contributed by atoms with Crippen LogP contribution in [0.2, 0.25) is 0 Å². The van der Waals surface area contributed by atoms with Crippen LogP contribution in [0, 0.1) is 5.92 Å². The van der Waals surface area contributed by atoms with E-state index in [9.17, 15) is 9.59 Å². The van der Waals surface area contributed by atoms with Gasteiger partial charge in [0.05, 0.1) is 13.7 Å². The van der Waals surface area contributed by atoms with Crippen LogP contribution >= 0.6 is 0 Å². The van der Waals surface area contributed by atoms with Gasteiger partial charge in [-0.25, -0.2) is 4.79 Å². The minimum Gasteiger partial charge on any atom is -0.497 e. The number of nitrogens with zero attached hydrogens (tertiary/aromatic N) is 2. The molecule has 2 saturated heterocycles. The van der Waals surface area contributed by atoms with Gasteiger partial charge in [0.25, 0.3) is 0 Å². The zero-order valence-corrected chi connectivity index (χ0v) is 18.5. The molecular formula is C25H32N2O4. The minimum absolute atomic E-state index is 0.0348. The zero-order chi connectivity index (χ0) is 21.8. The van der Waals surface area contributed by atoms with E-state index in [1.165, 1.54) is 0 Å². The first-order valence-corrected chi connectivity index (χ1v) is 11.4. The predicted molar refractivity (Wildman–Crippen MR) is 121 cm³/mol. The summed E-state index contributed by atoms with van der Waals surface area (Å²) in [6, 6.07) is 12.3. The van der Waals surface area contributed by atoms with Crippen LogP contribution < -0.4 is 4.74 Å². The van der Waals surface area contributed by atoms with Gasteiger partial charge in [-0.3, -0.25) is 9.69 Å². The first-order valence-electron chi connectivity index (χ1n) is 11.4. The van der Waals surface area contributed by atoms with Crippen molar-refractivity contribution < 1.29 is 19.1 Å². The third kappa shape index (κ3) is 4.85. The van der Waals surface area contributed by atoms with Gasteiger partial charge in [0.15, 0.2) is 5.78 Å². The van der Waals surface area contributed by atoms with Crippen molar-refractivity contribution in [2.75, 3.05) is 39.9 Å². The number of rotatable bonds is 5. The van der Waals surface area contributed by atoms with Gasteiger partial charge in [0.1, 0.15) is 5.75 Å². The number of carbonyl (C=O) groups excluding carboxylic acids is 2. The maximum atomic E-state index is 13.3. The smallest absolute Gasteiger partial charge is 0.409 e. The Labute approximate surface area is 184 Å². The molecule has 2 aliphatic heterocycles. The van der Waals surface area contributed by atoms with E-state index >= 15 is 0 Å². The average Bonchev–Trinajstić information content (AvgIpc) is 2.83. The molecule has 1 amide bonds. The number of fused-ring (bicyclic) bond motifs is 1. The first-order chi connectivity index (χ1) is 15.1. The fourth-order valence-electron chi connectivity index (χ4n) is 4.92. The second kappa shape index (κ2) is 9.69. The number of methoxy groups -OCH3 is 1. The molecule has 0 unspecified atom stereocenters. The molecule has 4 rings (SSSR count). The molecule has 0 spiro atoms. The van der Waals surface area contributed by atoms with Crippen LogP contribution in [0.15, 0.2) is 36.4 Å². The fraction of sp³-hybridized carbons (Fsp3) is 0.520. The van der Waals surface area contributed by atoms with Crippen LogP contribution in [0.25, 0.3) is 10.8 Å². The summed E-state index contributed by atoms with van der Waals surface area (Å²) in [5.41, 5.74) is 0.793. The number of hydrogen-bond acceptors (Lipinski definition) is 5. The van der Waals surface area contributed by atoms with Crippen LogP contribution in [0.1, 0.15) is 43.0 Å². The van der Waals surface area contributed by atoms with Crippen molar-refractivity contribution in [3.63, 3.8) is 0 Å². The Hall–Kier alpha value is -2.60. The Kier molecular flexibility index (Phi) is 6.76. The number of Topliss-reactive ketones (excluding diaryl/α,β-unsaturated/α-hetero) is 1. The largest absolute Gasteiger partial charge is 0.497 e. The number of piperidine rings is 2. The number of likely N-dealkylation sites (tertiary alicyclic amines) is 2. The van der Waals surface area contributed by atoms with Crippen molar-refractivity contribution in [2.24, 2.45) is 5.92 Å². The number of benzene rings is 2. The van der Waals surface area contributed by atoms with Gasteiger partial charge in [-0.2, -0.15) is 0 Å². The normalized spacial score (nSPS) is 20.6. The van der Waals surface area contributed by atoms with Crippen LogP contribution in [-0.4, -0.2) is 67.6 Å². The van der Waals surface area contributed by atoms with E-state index in [-0.39, 0.29) is 17.8 Å². The number of carbonyl (C=O) groups is 2. The number of amides is 1. The maximum absolute atomic E-state index is 13.3. The van der Waals surface area contributed by atoms with Gasteiger partial charge in [0, 0.05) is 37.2 Å². The monoisotopic (exact) mass is 424 g/mol. The molecule has 0 N–H and O–H groups in total. The molecule has 0 aromatic heterocycles. The van der Waals surface area contributed by atoms with E-state index in [4.69, 9.17) is 9.47 Å². The SMILES string of the molecule is CCOC(=O)N1CCC(N2CCC[C@H](C(=O)c3ccc4cc(OC)ccc4c3)C2)CC1. The summed E-state index contributed by atoms with van der Waals surface area (Å²) < 4.78 is 10.4. The van der Waals surface area contributed by atoms with Gasteiger partial charge in [0.2, 0.25) is 0 Å². The van der Waals surface area contributed by atoms with E-state index in [2.05, 4.69) is 4.90 Å². The average molecular weight is 425 g/mol. The molecule has 2 aromatic rings. The van der Waals surface area contributed by atoms with E-state index in [0.717, 1.165) is 73.9 Å². The molecule has 31 heavy (non-hydrogen) atoms. The molecule has 2 fully saturated rings. The quantitative estimate of drug-likeness (QED) is 0.668. The van der Waals surface area contributed by atoms with E-state index in [0.29, 0.717) is 12.6 Å². The number of hydrogen-bond donors (Lipinski definition) is 0. The molecule has 0 radical (unpaired) electrons. The lowest BCUT2D eigenvalue weighted by atomic mass is 9.87. The zero-order valence-electron chi connectivity index (χ0n) is 18.5. The van der Waals surface area contributed by atoms with Crippen molar-refractivity contribution in [2.45, 2.75) is 38.6 Å². The van der Waals surface area contributed by atoms with Crippen molar-refractivity contribution >= 4 is 22.6 Å². The molecule has 1 atom stereocenters. The van der Waals surface area contributed by atoms with Gasteiger partial charge in [-0.15, -0.1) is 0 Å². The highest BCUT2D eigenvalue weighted by molar-refractivity contribution is 6.01. The highest BCUT2D eigenvalue weighted by Gasteiger charge is 2.33. The fourth-order valence-corrected chi connectivity index (χ4v) is 4.92. The summed E-state index contributed by atoms with van der Waals surface area (Å²) in [6.45, 7) is 5.55. The first kappa shape index (κ1) is 21.6. The Morgan fingerprint density at radius 1 is 1.00 bits per heavy atom. The highest BCUT2D eigenvalue weighted by atomic mass is 16.6. The molecule has 2 aliphatic rings. The molecule has 6 nitrogen and oxygen atoms in total. The van der Waals surface area contributed by atoms with Crippen molar-refractivity contribution in [3.8, 4) is 5.75 Å². The van der Waals surface area contributed by atoms with Gasteiger partial charge in [-0.05, 0) is 68.1 Å². The van der Waals surface area contributed by atoms with Gasteiger partial charge < -0.3 is 14.4 Å². The maximum Gasteiger partial charge on any atom is 0.409 e. The summed E-state index contributed by atoms with van der Waals surface area (Å²) in [5.74, 6) is 1.10. The second-order valence-electron chi connectivity index (χ2n) is 8.54. The van der Waals surface area contributed by atoms with Crippen molar-refractivity contribution in [3.05, 3.63) is 42.0 Å². The molecule has 2 aromatic carbocycles. The molecule has 2 heterocycles. The lowest BCUT2D eigenvalue weighted by molar-refractivity contribution is 0.0532. The van der Waals surface area contributed by atoms with E-state index in [1.807, 2.05) is 43.3 Å². The van der Waals surface area contributed by atoms with Gasteiger partial charge in [-0.1, -0.05) is 18.2 Å². The third-order valence-electron chi connectivity index (χ3n) is 6.66. The second-order valence-corrected chi connectivity index (χ2v) is 8.54. The molecule has 0 saturated carbocycles. The summed E-state index contributed by atoms with van der Waals surface area (Å²) in [7, 11) is 1.66.